The summed E-state index contributed by atoms with van der Waals surface area (Å²) in [7, 11) is 0. The maximum atomic E-state index is 9.36. The quantitative estimate of drug-likeness (QED) is 0.605. The number of hydrogen-bond donors (Lipinski definition) is 1. The molecule has 1 aliphatic rings. The van der Waals surface area contributed by atoms with Gasteiger partial charge in [-0.05, 0) is 23.8 Å². The van der Waals surface area contributed by atoms with Gasteiger partial charge in [0.1, 0.15) is 0 Å². The van der Waals surface area contributed by atoms with Crippen molar-refractivity contribution in [2.75, 3.05) is 11.5 Å². The average molecular weight is 146 g/mol. The van der Waals surface area contributed by atoms with Crippen molar-refractivity contribution >= 4 is 11.8 Å². The van der Waals surface area contributed by atoms with Crippen LogP contribution in [0.15, 0.2) is 0 Å². The molecule has 0 aromatic rings. The summed E-state index contributed by atoms with van der Waals surface area (Å²) in [4.78, 5) is 0. The van der Waals surface area contributed by atoms with Gasteiger partial charge < -0.3 is 5.11 Å². The van der Waals surface area contributed by atoms with Gasteiger partial charge in [-0.25, -0.2) is 0 Å². The van der Waals surface area contributed by atoms with Gasteiger partial charge in [0.25, 0.3) is 0 Å². The van der Waals surface area contributed by atoms with E-state index < -0.39 is 0 Å². The standard InChI is InChI=1S/C7H14OS/c1-2-6-5-9-4-3-7(6)8/h6-8H,2-5H2,1H3/t6-,7-/m0/s1. The van der Waals surface area contributed by atoms with Crippen LogP contribution >= 0.6 is 11.8 Å². The summed E-state index contributed by atoms with van der Waals surface area (Å²) < 4.78 is 0. The average Bonchev–Trinajstić information content (AvgIpc) is 1.89. The normalized spacial score (nSPS) is 36.7. The van der Waals surface area contributed by atoms with Crippen LogP contribution in [-0.4, -0.2) is 22.7 Å². The van der Waals surface area contributed by atoms with Gasteiger partial charge in [0, 0.05) is 0 Å². The van der Waals surface area contributed by atoms with Gasteiger partial charge in [-0.1, -0.05) is 13.3 Å². The van der Waals surface area contributed by atoms with Crippen molar-refractivity contribution in [1.82, 2.24) is 0 Å². The van der Waals surface area contributed by atoms with Crippen molar-refractivity contribution in [3.05, 3.63) is 0 Å². The molecular formula is C7H14OS. The van der Waals surface area contributed by atoms with Crippen LogP contribution in [-0.2, 0) is 0 Å². The molecule has 1 nitrogen and oxygen atoms in total. The molecule has 1 heterocycles. The second kappa shape index (κ2) is 3.47. The third-order valence-corrected chi connectivity index (χ3v) is 3.15. The molecule has 1 fully saturated rings. The van der Waals surface area contributed by atoms with Crippen LogP contribution in [0, 0.1) is 5.92 Å². The van der Waals surface area contributed by atoms with E-state index in [2.05, 4.69) is 6.92 Å². The second-order valence-corrected chi connectivity index (χ2v) is 3.75. The van der Waals surface area contributed by atoms with Crippen molar-refractivity contribution in [2.45, 2.75) is 25.9 Å². The molecule has 0 saturated carbocycles. The van der Waals surface area contributed by atoms with Gasteiger partial charge in [-0.15, -0.1) is 0 Å². The molecule has 1 aliphatic heterocycles. The first-order valence-electron chi connectivity index (χ1n) is 3.60. The van der Waals surface area contributed by atoms with Crippen LogP contribution in [0.5, 0.6) is 0 Å². The predicted octanol–water partition coefficient (Wildman–Crippen LogP) is 1.51. The molecule has 2 heteroatoms. The molecule has 0 unspecified atom stereocenters. The zero-order valence-electron chi connectivity index (χ0n) is 5.84. The molecule has 1 saturated heterocycles. The number of rotatable bonds is 1. The first-order chi connectivity index (χ1) is 4.34. The third kappa shape index (κ3) is 1.87. The van der Waals surface area contributed by atoms with Crippen molar-refractivity contribution in [2.24, 2.45) is 5.92 Å². The number of aliphatic hydroxyl groups is 1. The summed E-state index contributed by atoms with van der Waals surface area (Å²) in [6.07, 6.45) is 2.13. The first-order valence-corrected chi connectivity index (χ1v) is 4.76. The minimum atomic E-state index is -0.00347. The Morgan fingerprint density at radius 1 is 1.67 bits per heavy atom. The van der Waals surface area contributed by atoms with Crippen molar-refractivity contribution < 1.29 is 5.11 Å². The minimum Gasteiger partial charge on any atom is -0.393 e. The van der Waals surface area contributed by atoms with Gasteiger partial charge in [0.15, 0.2) is 0 Å². The Hall–Kier alpha value is 0.310. The predicted molar refractivity (Wildman–Crippen MR) is 41.7 cm³/mol. The van der Waals surface area contributed by atoms with E-state index in [9.17, 15) is 5.11 Å². The number of aliphatic hydroxyl groups excluding tert-OH is 1. The van der Waals surface area contributed by atoms with E-state index in [0.717, 1.165) is 24.3 Å². The van der Waals surface area contributed by atoms with Gasteiger partial charge in [-0.3, -0.25) is 0 Å². The van der Waals surface area contributed by atoms with E-state index in [1.807, 2.05) is 11.8 Å². The zero-order chi connectivity index (χ0) is 6.69. The molecule has 0 bridgehead atoms. The molecule has 0 radical (unpaired) electrons. The molecule has 0 aromatic heterocycles. The van der Waals surface area contributed by atoms with Gasteiger partial charge >= 0.3 is 0 Å². The van der Waals surface area contributed by atoms with Crippen LogP contribution in [0.4, 0.5) is 0 Å². The molecule has 9 heavy (non-hydrogen) atoms. The summed E-state index contributed by atoms with van der Waals surface area (Å²) in [5.41, 5.74) is 0. The Balaban J connectivity index is 2.30. The lowest BCUT2D eigenvalue weighted by molar-refractivity contribution is 0.110. The molecule has 0 aliphatic carbocycles. The smallest absolute Gasteiger partial charge is 0.0584 e. The van der Waals surface area contributed by atoms with Crippen LogP contribution in [0.1, 0.15) is 19.8 Å². The van der Waals surface area contributed by atoms with E-state index in [-0.39, 0.29) is 6.10 Å². The summed E-state index contributed by atoms with van der Waals surface area (Å²) in [5.74, 6) is 2.89. The fraction of sp³-hybridized carbons (Fsp3) is 1.00. The van der Waals surface area contributed by atoms with E-state index in [1.165, 1.54) is 0 Å². The monoisotopic (exact) mass is 146 g/mol. The maximum Gasteiger partial charge on any atom is 0.0584 e. The highest BCUT2D eigenvalue weighted by atomic mass is 32.2. The Morgan fingerprint density at radius 3 is 2.89 bits per heavy atom. The Labute approximate surface area is 60.8 Å². The van der Waals surface area contributed by atoms with Crippen molar-refractivity contribution in [3.8, 4) is 0 Å². The van der Waals surface area contributed by atoms with E-state index in [0.29, 0.717) is 5.92 Å². The lowest BCUT2D eigenvalue weighted by Crippen LogP contribution is -2.26. The third-order valence-electron chi connectivity index (χ3n) is 1.96. The first kappa shape index (κ1) is 7.42. The summed E-state index contributed by atoms with van der Waals surface area (Å²) >= 11 is 1.97. The largest absolute Gasteiger partial charge is 0.393 e. The second-order valence-electron chi connectivity index (χ2n) is 2.60. The molecule has 0 amide bonds. The highest BCUT2D eigenvalue weighted by Gasteiger charge is 2.20. The van der Waals surface area contributed by atoms with Gasteiger partial charge in [0.2, 0.25) is 0 Å². The fourth-order valence-electron chi connectivity index (χ4n) is 1.18. The lowest BCUT2D eigenvalue weighted by Gasteiger charge is -2.25. The van der Waals surface area contributed by atoms with E-state index >= 15 is 0 Å². The summed E-state index contributed by atoms with van der Waals surface area (Å²) in [6.45, 7) is 2.15. The molecular weight excluding hydrogens is 132 g/mol. The summed E-state index contributed by atoms with van der Waals surface area (Å²) in [5, 5.41) is 9.36. The topological polar surface area (TPSA) is 20.2 Å². The van der Waals surface area contributed by atoms with Crippen LogP contribution in [0.25, 0.3) is 0 Å². The highest BCUT2D eigenvalue weighted by molar-refractivity contribution is 7.99. The molecule has 1 N–H and O–H groups in total. The van der Waals surface area contributed by atoms with E-state index in [1.54, 1.807) is 0 Å². The molecule has 0 spiro atoms. The van der Waals surface area contributed by atoms with Gasteiger partial charge in [0.05, 0.1) is 6.10 Å². The fourth-order valence-corrected chi connectivity index (χ4v) is 2.51. The minimum absolute atomic E-state index is 0.00347. The lowest BCUT2D eigenvalue weighted by atomic mass is 9.99. The molecule has 2 atom stereocenters. The Morgan fingerprint density at radius 2 is 2.44 bits per heavy atom. The number of thioether (sulfide) groups is 1. The Bertz CT molecular complexity index is 85.0. The van der Waals surface area contributed by atoms with Gasteiger partial charge in [-0.2, -0.15) is 11.8 Å². The summed E-state index contributed by atoms with van der Waals surface area (Å²) in [6, 6.07) is 0. The van der Waals surface area contributed by atoms with Crippen LogP contribution in [0.2, 0.25) is 0 Å². The molecule has 0 aromatic carbocycles. The number of hydrogen-bond acceptors (Lipinski definition) is 2. The maximum absolute atomic E-state index is 9.36. The van der Waals surface area contributed by atoms with Crippen molar-refractivity contribution in [3.63, 3.8) is 0 Å². The Kier molecular flexibility index (Phi) is 2.86. The molecule has 54 valence electrons. The van der Waals surface area contributed by atoms with Crippen LogP contribution < -0.4 is 0 Å². The highest BCUT2D eigenvalue weighted by Crippen LogP contribution is 2.24. The molecule has 1 rings (SSSR count). The van der Waals surface area contributed by atoms with E-state index in [4.69, 9.17) is 0 Å². The SMILES string of the molecule is CC[C@H]1CSCC[C@@H]1O. The van der Waals surface area contributed by atoms with Crippen molar-refractivity contribution in [1.29, 1.82) is 0 Å². The van der Waals surface area contributed by atoms with Crippen LogP contribution in [0.3, 0.4) is 0 Å². The zero-order valence-corrected chi connectivity index (χ0v) is 6.66.